The minimum absolute atomic E-state index is 0.00410. The fourth-order valence-electron chi connectivity index (χ4n) is 1.27. The average molecular weight is 259 g/mol. The van der Waals surface area contributed by atoms with Crippen molar-refractivity contribution in [2.24, 2.45) is 5.92 Å². The molecule has 0 aliphatic rings. The standard InChI is InChI=1S/C11H21N3O2S/c1-8(2)5-12-6-10-13-14-11(17-10)16-9(3)7-15-4/h8-9,12H,5-7H2,1-4H3. The van der Waals surface area contributed by atoms with Gasteiger partial charge in [-0.3, -0.25) is 0 Å². The van der Waals surface area contributed by atoms with Gasteiger partial charge in [0, 0.05) is 13.7 Å². The summed E-state index contributed by atoms with van der Waals surface area (Å²) in [4.78, 5) is 0. The summed E-state index contributed by atoms with van der Waals surface area (Å²) in [6, 6.07) is 0. The highest BCUT2D eigenvalue weighted by Crippen LogP contribution is 2.18. The van der Waals surface area contributed by atoms with E-state index in [0.717, 1.165) is 18.1 Å². The fourth-order valence-corrected chi connectivity index (χ4v) is 2.02. The molecule has 1 aromatic rings. The number of rotatable bonds is 8. The highest BCUT2D eigenvalue weighted by Gasteiger charge is 2.09. The van der Waals surface area contributed by atoms with Crippen LogP contribution in [0.15, 0.2) is 0 Å². The Bertz CT molecular complexity index is 317. The Balaban J connectivity index is 2.32. The lowest BCUT2D eigenvalue weighted by atomic mass is 10.2. The number of hydrogen-bond donors (Lipinski definition) is 1. The van der Waals surface area contributed by atoms with E-state index in [-0.39, 0.29) is 6.10 Å². The molecule has 0 saturated heterocycles. The van der Waals surface area contributed by atoms with E-state index < -0.39 is 0 Å². The van der Waals surface area contributed by atoms with E-state index in [4.69, 9.17) is 9.47 Å². The second kappa shape index (κ2) is 7.58. The molecule has 0 aromatic carbocycles. The van der Waals surface area contributed by atoms with Crippen LogP contribution in [0.1, 0.15) is 25.8 Å². The Kier molecular flexibility index (Phi) is 6.39. The minimum atomic E-state index is 0.00410. The molecule has 1 unspecified atom stereocenters. The van der Waals surface area contributed by atoms with Crippen LogP contribution in [0.2, 0.25) is 0 Å². The number of nitrogens with one attached hydrogen (secondary N) is 1. The topological polar surface area (TPSA) is 56.3 Å². The van der Waals surface area contributed by atoms with Crippen LogP contribution in [0.5, 0.6) is 5.19 Å². The normalized spacial score (nSPS) is 13.0. The molecule has 1 rings (SSSR count). The third-order valence-corrected chi connectivity index (χ3v) is 2.79. The zero-order valence-corrected chi connectivity index (χ0v) is 11.7. The lowest BCUT2D eigenvalue weighted by Gasteiger charge is -2.09. The molecule has 0 saturated carbocycles. The lowest BCUT2D eigenvalue weighted by molar-refractivity contribution is 0.0914. The highest BCUT2D eigenvalue weighted by molar-refractivity contribution is 7.13. The summed E-state index contributed by atoms with van der Waals surface area (Å²) in [7, 11) is 1.65. The quantitative estimate of drug-likeness (QED) is 0.770. The highest BCUT2D eigenvalue weighted by atomic mass is 32.1. The van der Waals surface area contributed by atoms with Gasteiger partial charge in [0.1, 0.15) is 11.1 Å². The van der Waals surface area contributed by atoms with Crippen LogP contribution in [-0.4, -0.2) is 36.6 Å². The maximum atomic E-state index is 5.55. The number of methoxy groups -OCH3 is 1. The summed E-state index contributed by atoms with van der Waals surface area (Å²) in [5, 5.41) is 12.9. The van der Waals surface area contributed by atoms with Gasteiger partial charge in [-0.05, 0) is 19.4 Å². The summed E-state index contributed by atoms with van der Waals surface area (Å²) in [6.45, 7) is 8.58. The van der Waals surface area contributed by atoms with Crippen molar-refractivity contribution in [1.82, 2.24) is 15.5 Å². The molecule has 0 fully saturated rings. The molecule has 1 heterocycles. The van der Waals surface area contributed by atoms with Crippen LogP contribution in [0, 0.1) is 5.92 Å². The van der Waals surface area contributed by atoms with E-state index in [0.29, 0.717) is 17.7 Å². The Morgan fingerprint density at radius 1 is 1.29 bits per heavy atom. The largest absolute Gasteiger partial charge is 0.463 e. The Hall–Kier alpha value is -0.720. The van der Waals surface area contributed by atoms with Gasteiger partial charge in [0.05, 0.1) is 6.61 Å². The Morgan fingerprint density at radius 2 is 2.06 bits per heavy atom. The number of nitrogens with zero attached hydrogens (tertiary/aromatic N) is 2. The predicted octanol–water partition coefficient (Wildman–Crippen LogP) is 1.70. The first-order valence-electron chi connectivity index (χ1n) is 5.80. The minimum Gasteiger partial charge on any atom is -0.463 e. The van der Waals surface area contributed by atoms with Crippen LogP contribution < -0.4 is 10.1 Å². The number of ether oxygens (including phenoxy) is 2. The van der Waals surface area contributed by atoms with Crippen LogP contribution in [-0.2, 0) is 11.3 Å². The number of aromatic nitrogens is 2. The zero-order chi connectivity index (χ0) is 12.7. The molecule has 0 aliphatic carbocycles. The molecule has 0 spiro atoms. The van der Waals surface area contributed by atoms with Crippen LogP contribution in [0.25, 0.3) is 0 Å². The second-order valence-corrected chi connectivity index (χ2v) is 5.39. The maximum absolute atomic E-state index is 5.55. The van der Waals surface area contributed by atoms with Gasteiger partial charge in [-0.1, -0.05) is 30.3 Å². The van der Waals surface area contributed by atoms with Gasteiger partial charge >= 0.3 is 0 Å². The van der Waals surface area contributed by atoms with Crippen molar-refractivity contribution < 1.29 is 9.47 Å². The van der Waals surface area contributed by atoms with Crippen LogP contribution >= 0.6 is 11.3 Å². The summed E-state index contributed by atoms with van der Waals surface area (Å²) in [6.07, 6.45) is 0.00410. The third kappa shape index (κ3) is 5.95. The van der Waals surface area contributed by atoms with Gasteiger partial charge < -0.3 is 14.8 Å². The molecule has 1 aromatic heterocycles. The van der Waals surface area contributed by atoms with Gasteiger partial charge in [-0.15, -0.1) is 5.10 Å². The van der Waals surface area contributed by atoms with E-state index in [9.17, 15) is 0 Å². The van der Waals surface area contributed by atoms with E-state index in [2.05, 4.69) is 29.4 Å². The van der Waals surface area contributed by atoms with E-state index >= 15 is 0 Å². The van der Waals surface area contributed by atoms with Gasteiger partial charge in [0.15, 0.2) is 0 Å². The number of hydrogen-bond acceptors (Lipinski definition) is 6. The second-order valence-electron chi connectivity index (χ2n) is 4.37. The summed E-state index contributed by atoms with van der Waals surface area (Å²) in [5.74, 6) is 0.639. The smallest absolute Gasteiger partial charge is 0.294 e. The SMILES string of the molecule is COCC(C)Oc1nnc(CNCC(C)C)s1. The Labute approximate surface area is 107 Å². The van der Waals surface area contributed by atoms with E-state index in [1.807, 2.05) is 6.92 Å². The molecule has 98 valence electrons. The van der Waals surface area contributed by atoms with Crippen molar-refractivity contribution >= 4 is 11.3 Å². The monoisotopic (exact) mass is 259 g/mol. The molecular weight excluding hydrogens is 238 g/mol. The first kappa shape index (κ1) is 14.3. The fraction of sp³-hybridized carbons (Fsp3) is 0.818. The molecule has 6 heteroatoms. The van der Waals surface area contributed by atoms with Gasteiger partial charge in [0.25, 0.3) is 5.19 Å². The van der Waals surface area contributed by atoms with Crippen molar-refractivity contribution in [3.63, 3.8) is 0 Å². The molecule has 1 atom stereocenters. The maximum Gasteiger partial charge on any atom is 0.294 e. The van der Waals surface area contributed by atoms with E-state index in [1.54, 1.807) is 7.11 Å². The third-order valence-electron chi connectivity index (χ3n) is 1.98. The predicted molar refractivity (Wildman–Crippen MR) is 68.4 cm³/mol. The first-order chi connectivity index (χ1) is 8.11. The first-order valence-corrected chi connectivity index (χ1v) is 6.62. The van der Waals surface area contributed by atoms with Crippen molar-refractivity contribution in [3.05, 3.63) is 5.01 Å². The molecule has 17 heavy (non-hydrogen) atoms. The molecule has 0 amide bonds. The van der Waals surface area contributed by atoms with Crippen molar-refractivity contribution in [3.8, 4) is 5.19 Å². The molecular formula is C11H21N3O2S. The van der Waals surface area contributed by atoms with E-state index in [1.165, 1.54) is 11.3 Å². The van der Waals surface area contributed by atoms with Crippen LogP contribution in [0.4, 0.5) is 0 Å². The molecule has 1 N–H and O–H groups in total. The summed E-state index contributed by atoms with van der Waals surface area (Å²) >= 11 is 1.48. The lowest BCUT2D eigenvalue weighted by Crippen LogP contribution is -2.18. The Morgan fingerprint density at radius 3 is 2.71 bits per heavy atom. The van der Waals surface area contributed by atoms with Crippen LogP contribution in [0.3, 0.4) is 0 Å². The van der Waals surface area contributed by atoms with Gasteiger partial charge in [-0.2, -0.15) is 0 Å². The molecule has 5 nitrogen and oxygen atoms in total. The van der Waals surface area contributed by atoms with Crippen molar-refractivity contribution in [1.29, 1.82) is 0 Å². The van der Waals surface area contributed by atoms with Gasteiger partial charge in [0.2, 0.25) is 0 Å². The summed E-state index contributed by atoms with van der Waals surface area (Å²) < 4.78 is 10.5. The zero-order valence-electron chi connectivity index (χ0n) is 10.9. The molecule has 0 radical (unpaired) electrons. The van der Waals surface area contributed by atoms with Gasteiger partial charge in [-0.25, -0.2) is 0 Å². The summed E-state index contributed by atoms with van der Waals surface area (Å²) in [5.41, 5.74) is 0. The average Bonchev–Trinajstić information content (AvgIpc) is 2.65. The van der Waals surface area contributed by atoms with Crippen molar-refractivity contribution in [2.45, 2.75) is 33.4 Å². The van der Waals surface area contributed by atoms with Crippen molar-refractivity contribution in [2.75, 3.05) is 20.3 Å². The molecule has 0 aliphatic heterocycles. The molecule has 0 bridgehead atoms.